The van der Waals surface area contributed by atoms with Crippen molar-refractivity contribution in [1.82, 2.24) is 0 Å². The molecule has 0 N–H and O–H groups in total. The Morgan fingerprint density at radius 1 is 1.47 bits per heavy atom. The van der Waals surface area contributed by atoms with Crippen molar-refractivity contribution >= 4 is 23.6 Å². The van der Waals surface area contributed by atoms with Crippen LogP contribution in [0, 0.1) is 0 Å². The molecule has 1 atom stereocenters. The third kappa shape index (κ3) is 4.45. The van der Waals surface area contributed by atoms with Crippen LogP contribution in [0.1, 0.15) is 18.9 Å². The predicted molar refractivity (Wildman–Crippen MR) is 77.4 cm³/mol. The molecule has 102 valence electrons. The Morgan fingerprint density at radius 2 is 2.21 bits per heavy atom. The Hall–Kier alpha value is -1.74. The van der Waals surface area contributed by atoms with Gasteiger partial charge in [0.05, 0.1) is 6.61 Å². The van der Waals surface area contributed by atoms with Crippen LogP contribution in [0.15, 0.2) is 37.4 Å². The van der Waals surface area contributed by atoms with Crippen molar-refractivity contribution in [2.75, 3.05) is 6.61 Å². The summed E-state index contributed by atoms with van der Waals surface area (Å²) in [6.07, 6.45) is 2.90. The molecule has 0 aliphatic rings. The van der Waals surface area contributed by atoms with Gasteiger partial charge >= 0.3 is 5.97 Å². The zero-order valence-corrected chi connectivity index (χ0v) is 11.7. The van der Waals surface area contributed by atoms with E-state index in [0.29, 0.717) is 23.8 Å². The molecule has 0 aliphatic heterocycles. The van der Waals surface area contributed by atoms with Gasteiger partial charge in [-0.3, -0.25) is 0 Å². The Kier molecular flexibility index (Phi) is 6.16. The molecule has 0 amide bonds. The van der Waals surface area contributed by atoms with Crippen LogP contribution in [0.3, 0.4) is 0 Å². The van der Waals surface area contributed by atoms with E-state index in [1.807, 2.05) is 0 Å². The lowest BCUT2D eigenvalue weighted by molar-refractivity contribution is -0.151. The molecule has 4 heteroatoms. The molecular weight excluding hydrogens is 264 g/mol. The molecule has 0 fully saturated rings. The highest BCUT2D eigenvalue weighted by molar-refractivity contribution is 6.30. The number of halogens is 1. The molecule has 1 rings (SSSR count). The summed E-state index contributed by atoms with van der Waals surface area (Å²) in [6.45, 7) is 9.37. The number of ether oxygens (including phenoxy) is 2. The van der Waals surface area contributed by atoms with Crippen LogP contribution in [0.4, 0.5) is 0 Å². The van der Waals surface area contributed by atoms with Gasteiger partial charge in [-0.2, -0.15) is 0 Å². The van der Waals surface area contributed by atoms with Crippen molar-refractivity contribution < 1.29 is 14.3 Å². The van der Waals surface area contributed by atoms with E-state index >= 15 is 0 Å². The van der Waals surface area contributed by atoms with Crippen molar-refractivity contribution in [3.63, 3.8) is 0 Å². The number of esters is 1. The number of hydrogen-bond acceptors (Lipinski definition) is 3. The fourth-order valence-corrected chi connectivity index (χ4v) is 1.70. The van der Waals surface area contributed by atoms with Gasteiger partial charge in [0.15, 0.2) is 6.10 Å². The minimum absolute atomic E-state index is 0.310. The lowest BCUT2D eigenvalue weighted by Gasteiger charge is -2.17. The SMILES string of the molecule is C=CCC(Oc1ccc(Cl)cc1C=C)C(=O)OCC. The third-order valence-electron chi connectivity index (χ3n) is 2.39. The van der Waals surface area contributed by atoms with Crippen molar-refractivity contribution in [2.45, 2.75) is 19.4 Å². The number of carbonyl (C=O) groups is 1. The average Bonchev–Trinajstić information content (AvgIpc) is 2.40. The highest BCUT2D eigenvalue weighted by Crippen LogP contribution is 2.25. The normalized spacial score (nSPS) is 11.5. The van der Waals surface area contributed by atoms with E-state index in [4.69, 9.17) is 21.1 Å². The van der Waals surface area contributed by atoms with Crippen molar-refractivity contribution in [1.29, 1.82) is 0 Å². The van der Waals surface area contributed by atoms with E-state index in [1.54, 1.807) is 37.3 Å². The highest BCUT2D eigenvalue weighted by atomic mass is 35.5. The molecule has 0 radical (unpaired) electrons. The van der Waals surface area contributed by atoms with Gasteiger partial charge in [-0.1, -0.05) is 30.3 Å². The second-order valence-corrected chi connectivity index (χ2v) is 4.21. The highest BCUT2D eigenvalue weighted by Gasteiger charge is 2.21. The van der Waals surface area contributed by atoms with Gasteiger partial charge in [-0.05, 0) is 25.1 Å². The van der Waals surface area contributed by atoms with Crippen LogP contribution in [0.25, 0.3) is 6.08 Å². The average molecular weight is 281 g/mol. The van der Waals surface area contributed by atoms with Crippen LogP contribution in [0.2, 0.25) is 5.02 Å². The molecule has 0 saturated carbocycles. The van der Waals surface area contributed by atoms with Crippen LogP contribution >= 0.6 is 11.6 Å². The molecular formula is C15H17ClO3. The fourth-order valence-electron chi connectivity index (χ4n) is 1.52. The summed E-state index contributed by atoms with van der Waals surface area (Å²) in [4.78, 5) is 11.8. The maximum atomic E-state index is 11.8. The third-order valence-corrected chi connectivity index (χ3v) is 2.63. The molecule has 1 unspecified atom stereocenters. The second-order valence-electron chi connectivity index (χ2n) is 3.77. The van der Waals surface area contributed by atoms with Gasteiger partial charge in [0.1, 0.15) is 5.75 Å². The summed E-state index contributed by atoms with van der Waals surface area (Å²) >= 11 is 5.89. The molecule has 0 aliphatic carbocycles. The summed E-state index contributed by atoms with van der Waals surface area (Å²) in [5, 5.41) is 0.582. The molecule has 1 aromatic rings. The maximum Gasteiger partial charge on any atom is 0.347 e. The lowest BCUT2D eigenvalue weighted by atomic mass is 10.2. The first kappa shape index (κ1) is 15.3. The number of carbonyl (C=O) groups excluding carboxylic acids is 1. The summed E-state index contributed by atoms with van der Waals surface area (Å²) < 4.78 is 10.6. The molecule has 0 spiro atoms. The summed E-state index contributed by atoms with van der Waals surface area (Å²) in [5.41, 5.74) is 0.728. The first-order valence-corrected chi connectivity index (χ1v) is 6.36. The van der Waals surface area contributed by atoms with Crippen LogP contribution in [0.5, 0.6) is 5.75 Å². The zero-order chi connectivity index (χ0) is 14.3. The topological polar surface area (TPSA) is 35.5 Å². The van der Waals surface area contributed by atoms with Gasteiger partial charge in [0, 0.05) is 17.0 Å². The van der Waals surface area contributed by atoms with Gasteiger partial charge in [-0.15, -0.1) is 6.58 Å². The summed E-state index contributed by atoms with van der Waals surface area (Å²) in [5.74, 6) is 0.131. The van der Waals surface area contributed by atoms with Crippen molar-refractivity contribution in [3.05, 3.63) is 48.0 Å². The monoisotopic (exact) mass is 280 g/mol. The predicted octanol–water partition coefficient (Wildman–Crippen LogP) is 3.87. The minimum Gasteiger partial charge on any atom is -0.478 e. The maximum absolute atomic E-state index is 11.8. The second kappa shape index (κ2) is 7.64. The Balaban J connectivity index is 2.92. The Bertz CT molecular complexity index is 468. The largest absolute Gasteiger partial charge is 0.478 e. The molecule has 0 saturated heterocycles. The molecule has 3 nitrogen and oxygen atoms in total. The van der Waals surface area contributed by atoms with Crippen molar-refractivity contribution in [3.8, 4) is 5.75 Å². The van der Waals surface area contributed by atoms with E-state index in [9.17, 15) is 4.79 Å². The minimum atomic E-state index is -0.711. The number of hydrogen-bond donors (Lipinski definition) is 0. The first-order valence-electron chi connectivity index (χ1n) is 5.98. The van der Waals surface area contributed by atoms with E-state index in [2.05, 4.69) is 13.2 Å². The smallest absolute Gasteiger partial charge is 0.347 e. The van der Waals surface area contributed by atoms with Gasteiger partial charge in [0.2, 0.25) is 0 Å². The van der Waals surface area contributed by atoms with E-state index < -0.39 is 12.1 Å². The molecule has 0 heterocycles. The number of rotatable bonds is 7. The quantitative estimate of drug-likeness (QED) is 0.562. The molecule has 19 heavy (non-hydrogen) atoms. The van der Waals surface area contributed by atoms with Crippen LogP contribution < -0.4 is 4.74 Å². The van der Waals surface area contributed by atoms with Crippen LogP contribution in [-0.2, 0) is 9.53 Å². The fraction of sp³-hybridized carbons (Fsp3) is 0.267. The lowest BCUT2D eigenvalue weighted by Crippen LogP contribution is -2.29. The van der Waals surface area contributed by atoms with Gasteiger partial charge < -0.3 is 9.47 Å². The van der Waals surface area contributed by atoms with Gasteiger partial charge in [-0.25, -0.2) is 4.79 Å². The molecule has 1 aromatic carbocycles. The standard InChI is InChI=1S/C15H17ClO3/c1-4-7-14(15(17)18-6-3)19-13-9-8-12(16)10-11(13)5-2/h4-5,8-10,14H,1-2,6-7H2,3H3. The van der Waals surface area contributed by atoms with Crippen LogP contribution in [-0.4, -0.2) is 18.7 Å². The Morgan fingerprint density at radius 3 is 2.79 bits per heavy atom. The van der Waals surface area contributed by atoms with E-state index in [-0.39, 0.29) is 0 Å². The zero-order valence-electron chi connectivity index (χ0n) is 10.9. The van der Waals surface area contributed by atoms with Gasteiger partial charge in [0.25, 0.3) is 0 Å². The summed E-state index contributed by atoms with van der Waals surface area (Å²) in [7, 11) is 0. The first-order chi connectivity index (χ1) is 9.12. The Labute approximate surface area is 118 Å². The number of benzene rings is 1. The molecule has 0 aromatic heterocycles. The van der Waals surface area contributed by atoms with E-state index in [0.717, 1.165) is 5.56 Å². The summed E-state index contributed by atoms with van der Waals surface area (Å²) in [6, 6.07) is 5.12. The van der Waals surface area contributed by atoms with E-state index in [1.165, 1.54) is 0 Å². The molecule has 0 bridgehead atoms. The van der Waals surface area contributed by atoms with Crippen molar-refractivity contribution in [2.24, 2.45) is 0 Å².